The predicted octanol–water partition coefficient (Wildman–Crippen LogP) is 3.96. The fraction of sp³-hybridized carbons (Fsp3) is 0.625. The van der Waals surface area contributed by atoms with Gasteiger partial charge in [-0.3, -0.25) is 4.90 Å². The Bertz CT molecular complexity index is 535. The molecule has 2 nitrogen and oxygen atoms in total. The molecule has 4 heteroatoms. The Morgan fingerprint density at radius 1 is 1.20 bits per heavy atom. The lowest BCUT2D eigenvalue weighted by Gasteiger charge is -2.38. The summed E-state index contributed by atoms with van der Waals surface area (Å²) >= 11 is 12.3. The molecular weight excluding hydrogens is 293 g/mol. The molecule has 3 saturated heterocycles. The summed E-state index contributed by atoms with van der Waals surface area (Å²) in [7, 11) is 1.85. The number of piperidine rings is 1. The second-order valence-corrected chi connectivity index (χ2v) is 7.18. The summed E-state index contributed by atoms with van der Waals surface area (Å²) in [5.41, 5.74) is 1.34. The Morgan fingerprint density at radius 2 is 2.05 bits per heavy atom. The van der Waals surface area contributed by atoms with Crippen LogP contribution in [0.25, 0.3) is 0 Å². The molecule has 0 aromatic heterocycles. The maximum Gasteiger partial charge on any atom is 0.0747 e. The monoisotopic (exact) mass is 311 g/mol. The number of hydrogen-bond donors (Lipinski definition) is 0. The number of benzene rings is 1. The van der Waals surface area contributed by atoms with Crippen LogP contribution in [0.2, 0.25) is 10.0 Å². The molecule has 3 aliphatic heterocycles. The van der Waals surface area contributed by atoms with E-state index in [4.69, 9.17) is 27.9 Å². The van der Waals surface area contributed by atoms with E-state index in [0.29, 0.717) is 34.0 Å². The lowest BCUT2D eigenvalue weighted by Crippen LogP contribution is -2.41. The smallest absolute Gasteiger partial charge is 0.0747 e. The molecule has 2 unspecified atom stereocenters. The van der Waals surface area contributed by atoms with Crippen LogP contribution in [0.1, 0.15) is 30.7 Å². The highest BCUT2D eigenvalue weighted by atomic mass is 35.5. The number of hydrogen-bond acceptors (Lipinski definition) is 2. The molecule has 0 amide bonds. The van der Waals surface area contributed by atoms with Crippen molar-refractivity contribution in [3.05, 3.63) is 33.8 Å². The van der Waals surface area contributed by atoms with Crippen molar-refractivity contribution >= 4 is 23.2 Å². The standard InChI is InChI=1S/C16H19Cl2NO/c1-20-15-8-19-10-3-5-14(19)16(15)11(7-10)9-2-4-12(17)13(18)6-9/h2,4,6,10-11,14-16H,3,5,7-8H2,1H3/t10-,11-,14+,15?,16-/m0/s1. The molecule has 0 radical (unpaired) electrons. The van der Waals surface area contributed by atoms with Crippen LogP contribution in [0.3, 0.4) is 0 Å². The zero-order valence-corrected chi connectivity index (χ0v) is 13.1. The van der Waals surface area contributed by atoms with Crippen molar-refractivity contribution in [1.29, 1.82) is 0 Å². The van der Waals surface area contributed by atoms with Crippen LogP contribution < -0.4 is 0 Å². The first-order valence-electron chi connectivity index (χ1n) is 7.42. The van der Waals surface area contributed by atoms with Crippen molar-refractivity contribution in [2.45, 2.75) is 43.4 Å². The molecule has 4 bridgehead atoms. The zero-order valence-electron chi connectivity index (χ0n) is 11.6. The Balaban J connectivity index is 1.72. The molecule has 3 fully saturated rings. The highest BCUT2D eigenvalue weighted by Gasteiger charge is 2.55. The van der Waals surface area contributed by atoms with E-state index in [-0.39, 0.29) is 0 Å². The van der Waals surface area contributed by atoms with Crippen molar-refractivity contribution in [2.75, 3.05) is 13.7 Å². The Labute approximate surface area is 130 Å². The van der Waals surface area contributed by atoms with Crippen LogP contribution in [0, 0.1) is 5.92 Å². The third-order valence-corrected chi connectivity index (χ3v) is 6.36. The van der Waals surface area contributed by atoms with E-state index in [1.807, 2.05) is 13.2 Å². The maximum absolute atomic E-state index is 6.22. The molecular formula is C16H19Cl2NO. The van der Waals surface area contributed by atoms with Gasteiger partial charge in [-0.25, -0.2) is 0 Å². The molecule has 1 aromatic carbocycles. The summed E-state index contributed by atoms with van der Waals surface area (Å²) in [6, 6.07) is 7.59. The second kappa shape index (κ2) is 4.88. The molecule has 20 heavy (non-hydrogen) atoms. The minimum Gasteiger partial charge on any atom is -0.380 e. The summed E-state index contributed by atoms with van der Waals surface area (Å²) in [6.45, 7) is 1.11. The van der Waals surface area contributed by atoms with Gasteiger partial charge in [0.15, 0.2) is 0 Å². The number of ether oxygens (including phenoxy) is 1. The Morgan fingerprint density at radius 3 is 2.80 bits per heavy atom. The van der Waals surface area contributed by atoms with Crippen molar-refractivity contribution in [2.24, 2.45) is 5.92 Å². The van der Waals surface area contributed by atoms with Crippen LogP contribution in [0.5, 0.6) is 0 Å². The zero-order chi connectivity index (χ0) is 13.9. The first-order chi connectivity index (χ1) is 9.69. The van der Waals surface area contributed by atoms with Gasteiger partial charge in [0.2, 0.25) is 0 Å². The van der Waals surface area contributed by atoms with Gasteiger partial charge in [-0.05, 0) is 42.9 Å². The minimum absolute atomic E-state index is 0.366. The third kappa shape index (κ3) is 1.85. The van der Waals surface area contributed by atoms with Crippen LogP contribution >= 0.6 is 23.2 Å². The second-order valence-electron chi connectivity index (χ2n) is 6.36. The van der Waals surface area contributed by atoms with Gasteiger partial charge in [0.25, 0.3) is 0 Å². The van der Waals surface area contributed by atoms with Gasteiger partial charge < -0.3 is 4.74 Å². The number of rotatable bonds is 2. The van der Waals surface area contributed by atoms with Gasteiger partial charge in [-0.15, -0.1) is 0 Å². The first kappa shape index (κ1) is 13.4. The topological polar surface area (TPSA) is 12.5 Å². The number of halogens is 2. The summed E-state index contributed by atoms with van der Waals surface area (Å²) in [5, 5.41) is 1.32. The fourth-order valence-corrected chi connectivity index (χ4v) is 5.11. The SMILES string of the molecule is COC1CN2[C@H]3CC[C@@H]2[C@@H]1[C@H](c1ccc(Cl)c(Cl)c1)C3. The maximum atomic E-state index is 6.22. The van der Waals surface area contributed by atoms with Gasteiger partial charge >= 0.3 is 0 Å². The molecule has 0 aliphatic carbocycles. The summed E-state index contributed by atoms with van der Waals surface area (Å²) in [4.78, 5) is 2.69. The highest BCUT2D eigenvalue weighted by Crippen LogP contribution is 2.53. The quantitative estimate of drug-likeness (QED) is 0.819. The van der Waals surface area contributed by atoms with E-state index in [1.54, 1.807) is 0 Å². The summed E-state index contributed by atoms with van der Waals surface area (Å²) < 4.78 is 5.78. The van der Waals surface area contributed by atoms with E-state index in [0.717, 1.165) is 12.6 Å². The molecule has 0 N–H and O–H groups in total. The van der Waals surface area contributed by atoms with Crippen LogP contribution in [-0.4, -0.2) is 36.7 Å². The van der Waals surface area contributed by atoms with Crippen molar-refractivity contribution in [3.63, 3.8) is 0 Å². The summed E-state index contributed by atoms with van der Waals surface area (Å²) in [5.74, 6) is 1.17. The molecule has 6 atom stereocenters. The van der Waals surface area contributed by atoms with Crippen LogP contribution in [0.15, 0.2) is 18.2 Å². The lowest BCUT2D eigenvalue weighted by atomic mass is 9.77. The molecule has 4 rings (SSSR count). The Kier molecular flexibility index (Phi) is 3.26. The van der Waals surface area contributed by atoms with E-state index in [2.05, 4.69) is 17.0 Å². The lowest BCUT2D eigenvalue weighted by molar-refractivity contribution is 0.0652. The van der Waals surface area contributed by atoms with E-state index in [9.17, 15) is 0 Å². The molecule has 3 heterocycles. The molecule has 1 aromatic rings. The van der Waals surface area contributed by atoms with Gasteiger partial charge in [0.1, 0.15) is 0 Å². The average molecular weight is 312 g/mol. The third-order valence-electron chi connectivity index (χ3n) is 5.62. The first-order valence-corrected chi connectivity index (χ1v) is 8.18. The van der Waals surface area contributed by atoms with E-state index in [1.165, 1.54) is 24.8 Å². The van der Waals surface area contributed by atoms with Crippen molar-refractivity contribution in [3.8, 4) is 0 Å². The van der Waals surface area contributed by atoms with Crippen LogP contribution in [0.4, 0.5) is 0 Å². The van der Waals surface area contributed by atoms with Gasteiger partial charge in [0, 0.05) is 31.7 Å². The van der Waals surface area contributed by atoms with Crippen molar-refractivity contribution < 1.29 is 4.74 Å². The minimum atomic E-state index is 0.366. The normalized spacial score (nSPS) is 42.1. The summed E-state index contributed by atoms with van der Waals surface area (Å²) in [6.07, 6.45) is 4.27. The average Bonchev–Trinajstić information content (AvgIpc) is 2.87. The van der Waals surface area contributed by atoms with Gasteiger partial charge in [-0.1, -0.05) is 29.3 Å². The molecule has 3 aliphatic rings. The predicted molar refractivity (Wildman–Crippen MR) is 81.6 cm³/mol. The molecule has 0 saturated carbocycles. The van der Waals surface area contributed by atoms with Gasteiger partial charge in [-0.2, -0.15) is 0 Å². The largest absolute Gasteiger partial charge is 0.380 e. The van der Waals surface area contributed by atoms with Gasteiger partial charge in [0.05, 0.1) is 16.1 Å². The van der Waals surface area contributed by atoms with Crippen LogP contribution in [-0.2, 0) is 4.74 Å². The molecule has 108 valence electrons. The number of nitrogens with zero attached hydrogens (tertiary/aromatic N) is 1. The highest BCUT2D eigenvalue weighted by molar-refractivity contribution is 6.42. The van der Waals surface area contributed by atoms with E-state index >= 15 is 0 Å². The van der Waals surface area contributed by atoms with Crippen molar-refractivity contribution in [1.82, 2.24) is 4.90 Å². The molecule has 0 spiro atoms. The Hall–Kier alpha value is -0.280. The van der Waals surface area contributed by atoms with E-state index < -0.39 is 0 Å². The number of methoxy groups -OCH3 is 1. The fourth-order valence-electron chi connectivity index (χ4n) is 4.80.